The summed E-state index contributed by atoms with van der Waals surface area (Å²) in [4.78, 5) is 0. The van der Waals surface area contributed by atoms with Crippen molar-refractivity contribution in [3.63, 3.8) is 0 Å². The second-order valence-corrected chi connectivity index (χ2v) is 7.58. The van der Waals surface area contributed by atoms with E-state index in [0.29, 0.717) is 24.8 Å². The van der Waals surface area contributed by atoms with Gasteiger partial charge in [-0.3, -0.25) is 11.3 Å². The molecule has 2 rings (SSSR count). The average molecular weight is 304 g/mol. The number of sulfone groups is 1. The second-order valence-electron chi connectivity index (χ2n) is 5.35. The summed E-state index contributed by atoms with van der Waals surface area (Å²) in [6.07, 6.45) is 1.56. The van der Waals surface area contributed by atoms with Crippen molar-refractivity contribution in [1.29, 1.82) is 0 Å². The highest BCUT2D eigenvalue weighted by atomic mass is 32.2. The van der Waals surface area contributed by atoms with Crippen molar-refractivity contribution in [3.05, 3.63) is 35.4 Å². The first kappa shape index (κ1) is 15.3. The van der Waals surface area contributed by atoms with E-state index in [1.807, 2.05) is 0 Å². The zero-order valence-corrected chi connectivity index (χ0v) is 11.8. The predicted molar refractivity (Wildman–Crippen MR) is 72.6 cm³/mol. The molecule has 1 fully saturated rings. The van der Waals surface area contributed by atoms with Crippen LogP contribution in [0.5, 0.6) is 0 Å². The number of rotatable bonds is 5. The lowest BCUT2D eigenvalue weighted by Gasteiger charge is -2.19. The molecule has 0 aliphatic carbocycles. The molecule has 1 aliphatic heterocycles. The normalized spacial score (nSPS) is 22.9. The third-order valence-corrected chi connectivity index (χ3v) is 5.42. The van der Waals surface area contributed by atoms with Crippen molar-refractivity contribution in [2.24, 2.45) is 11.8 Å². The van der Waals surface area contributed by atoms with Gasteiger partial charge in [0.25, 0.3) is 0 Å². The van der Waals surface area contributed by atoms with Crippen molar-refractivity contribution in [2.75, 3.05) is 11.5 Å². The maximum absolute atomic E-state index is 13.1. The standard InChI is InChI=1S/C13H18F2N2O2S/c14-11-3-10(4-12(15)7-11)6-13(17-16)5-9-1-2-20(18,19)8-9/h3-4,7,9,13,17H,1-2,5-6,8,16H2. The number of hydrazine groups is 1. The fourth-order valence-electron chi connectivity index (χ4n) is 2.68. The maximum Gasteiger partial charge on any atom is 0.150 e. The molecule has 0 radical (unpaired) electrons. The summed E-state index contributed by atoms with van der Waals surface area (Å²) in [5.41, 5.74) is 3.11. The monoisotopic (exact) mass is 304 g/mol. The molecule has 112 valence electrons. The highest BCUT2D eigenvalue weighted by molar-refractivity contribution is 7.91. The summed E-state index contributed by atoms with van der Waals surface area (Å²) in [5.74, 6) is 4.64. The van der Waals surface area contributed by atoms with Gasteiger partial charge in [0.05, 0.1) is 11.5 Å². The molecule has 0 bridgehead atoms. The molecular formula is C13H18F2N2O2S. The van der Waals surface area contributed by atoms with Crippen molar-refractivity contribution in [2.45, 2.75) is 25.3 Å². The number of hydrogen-bond acceptors (Lipinski definition) is 4. The molecule has 3 N–H and O–H groups in total. The first-order valence-corrected chi connectivity index (χ1v) is 8.31. The molecule has 2 atom stereocenters. The Labute approximate surface area is 117 Å². The number of hydrogen-bond donors (Lipinski definition) is 2. The van der Waals surface area contributed by atoms with E-state index in [4.69, 9.17) is 5.84 Å². The molecular weight excluding hydrogens is 286 g/mol. The lowest BCUT2D eigenvalue weighted by atomic mass is 9.95. The van der Waals surface area contributed by atoms with Gasteiger partial charge >= 0.3 is 0 Å². The van der Waals surface area contributed by atoms with E-state index in [1.54, 1.807) is 0 Å². The number of nitrogens with one attached hydrogen (secondary N) is 1. The molecule has 4 nitrogen and oxygen atoms in total. The maximum atomic E-state index is 13.1. The molecule has 1 heterocycles. The molecule has 1 saturated heterocycles. The van der Waals surface area contributed by atoms with E-state index >= 15 is 0 Å². The van der Waals surface area contributed by atoms with Crippen LogP contribution in [0.15, 0.2) is 18.2 Å². The van der Waals surface area contributed by atoms with Crippen molar-refractivity contribution in [1.82, 2.24) is 5.43 Å². The van der Waals surface area contributed by atoms with Gasteiger partial charge in [-0.2, -0.15) is 0 Å². The van der Waals surface area contributed by atoms with Gasteiger partial charge in [-0.1, -0.05) is 0 Å². The van der Waals surface area contributed by atoms with Crippen LogP contribution in [0.2, 0.25) is 0 Å². The van der Waals surface area contributed by atoms with Gasteiger partial charge in [0, 0.05) is 12.1 Å². The summed E-state index contributed by atoms with van der Waals surface area (Å²) in [7, 11) is -2.92. The van der Waals surface area contributed by atoms with Gasteiger partial charge in [-0.25, -0.2) is 17.2 Å². The quantitative estimate of drug-likeness (QED) is 0.632. The lowest BCUT2D eigenvalue weighted by molar-refractivity contribution is 0.407. The summed E-state index contributed by atoms with van der Waals surface area (Å²) in [6, 6.07) is 3.14. The highest BCUT2D eigenvalue weighted by Crippen LogP contribution is 2.24. The molecule has 1 aromatic carbocycles. The molecule has 0 aromatic heterocycles. The van der Waals surface area contributed by atoms with E-state index in [-0.39, 0.29) is 23.5 Å². The SMILES string of the molecule is NNC(Cc1cc(F)cc(F)c1)CC1CCS(=O)(=O)C1. The van der Waals surface area contributed by atoms with Crippen LogP contribution >= 0.6 is 0 Å². The van der Waals surface area contributed by atoms with E-state index in [0.717, 1.165) is 6.07 Å². The Hall–Kier alpha value is -1.05. The van der Waals surface area contributed by atoms with Gasteiger partial charge in [0.15, 0.2) is 9.84 Å². The van der Waals surface area contributed by atoms with Crippen molar-refractivity contribution >= 4 is 9.84 Å². The molecule has 0 amide bonds. The van der Waals surface area contributed by atoms with Crippen LogP contribution in [0.3, 0.4) is 0 Å². The Morgan fingerprint density at radius 2 is 1.95 bits per heavy atom. The third kappa shape index (κ3) is 4.22. The van der Waals surface area contributed by atoms with E-state index in [2.05, 4.69) is 5.43 Å². The first-order valence-electron chi connectivity index (χ1n) is 6.49. The molecule has 0 spiro atoms. The molecule has 7 heteroatoms. The zero-order valence-electron chi connectivity index (χ0n) is 11.0. The number of benzene rings is 1. The summed E-state index contributed by atoms with van der Waals surface area (Å²) < 4.78 is 49.1. The Morgan fingerprint density at radius 1 is 1.30 bits per heavy atom. The van der Waals surface area contributed by atoms with Crippen LogP contribution in [0.1, 0.15) is 18.4 Å². The van der Waals surface area contributed by atoms with Gasteiger partial charge in [-0.05, 0) is 42.9 Å². The van der Waals surface area contributed by atoms with Crippen LogP contribution in [0, 0.1) is 17.6 Å². The summed E-state index contributed by atoms with van der Waals surface area (Å²) in [6.45, 7) is 0. The van der Waals surface area contributed by atoms with Crippen LogP contribution in [0.4, 0.5) is 8.78 Å². The Balaban J connectivity index is 1.99. The van der Waals surface area contributed by atoms with E-state index in [1.165, 1.54) is 12.1 Å². The lowest BCUT2D eigenvalue weighted by Crippen LogP contribution is -2.38. The Bertz CT molecular complexity index is 557. The van der Waals surface area contributed by atoms with Crippen LogP contribution < -0.4 is 11.3 Å². The summed E-state index contributed by atoms with van der Waals surface area (Å²) >= 11 is 0. The molecule has 1 aliphatic rings. The summed E-state index contributed by atoms with van der Waals surface area (Å²) in [5, 5.41) is 0. The van der Waals surface area contributed by atoms with Gasteiger partial charge in [0.2, 0.25) is 0 Å². The highest BCUT2D eigenvalue weighted by Gasteiger charge is 2.29. The van der Waals surface area contributed by atoms with Gasteiger partial charge in [0.1, 0.15) is 11.6 Å². The number of nitrogens with two attached hydrogens (primary N) is 1. The minimum Gasteiger partial charge on any atom is -0.271 e. The molecule has 20 heavy (non-hydrogen) atoms. The number of halogens is 2. The van der Waals surface area contributed by atoms with Crippen molar-refractivity contribution < 1.29 is 17.2 Å². The zero-order chi connectivity index (χ0) is 14.8. The van der Waals surface area contributed by atoms with Gasteiger partial charge < -0.3 is 0 Å². The molecule has 1 aromatic rings. The van der Waals surface area contributed by atoms with Crippen molar-refractivity contribution in [3.8, 4) is 0 Å². The molecule has 2 unspecified atom stereocenters. The second kappa shape index (κ2) is 6.15. The average Bonchev–Trinajstić information content (AvgIpc) is 2.66. The molecule has 0 saturated carbocycles. The predicted octanol–water partition coefficient (Wildman–Crippen LogP) is 1.16. The van der Waals surface area contributed by atoms with Crippen LogP contribution in [0.25, 0.3) is 0 Å². The largest absolute Gasteiger partial charge is 0.271 e. The smallest absolute Gasteiger partial charge is 0.150 e. The fourth-order valence-corrected chi connectivity index (χ4v) is 4.56. The Kier molecular flexibility index (Phi) is 4.72. The van der Waals surface area contributed by atoms with Crippen LogP contribution in [-0.4, -0.2) is 26.0 Å². The first-order chi connectivity index (χ1) is 9.38. The van der Waals surface area contributed by atoms with E-state index < -0.39 is 21.5 Å². The third-order valence-electron chi connectivity index (χ3n) is 3.58. The topological polar surface area (TPSA) is 72.2 Å². The minimum atomic E-state index is -2.92. The Morgan fingerprint density at radius 3 is 2.45 bits per heavy atom. The fraction of sp³-hybridized carbons (Fsp3) is 0.538. The van der Waals surface area contributed by atoms with E-state index in [9.17, 15) is 17.2 Å². The van der Waals surface area contributed by atoms with Gasteiger partial charge in [-0.15, -0.1) is 0 Å². The van der Waals surface area contributed by atoms with Crippen LogP contribution in [-0.2, 0) is 16.3 Å². The minimum absolute atomic E-state index is 0.0551.